The van der Waals surface area contributed by atoms with Gasteiger partial charge in [0, 0.05) is 0 Å². The van der Waals surface area contributed by atoms with Crippen LogP contribution in [0.4, 0.5) is 18.9 Å². The lowest BCUT2D eigenvalue weighted by Gasteiger charge is -2.04. The van der Waals surface area contributed by atoms with Crippen molar-refractivity contribution in [1.29, 1.82) is 0 Å². The van der Waals surface area contributed by atoms with Crippen molar-refractivity contribution in [3.05, 3.63) is 22.7 Å². The SMILES string of the molecule is NNc1c(F)c(F)nc(F)c1Cl. The highest BCUT2D eigenvalue weighted by Gasteiger charge is 2.17. The minimum Gasteiger partial charge on any atom is -0.320 e. The number of halogens is 4. The van der Waals surface area contributed by atoms with Gasteiger partial charge >= 0.3 is 0 Å². The summed E-state index contributed by atoms with van der Waals surface area (Å²) in [4.78, 5) is 2.55. The van der Waals surface area contributed by atoms with Crippen LogP contribution in [-0.4, -0.2) is 4.98 Å². The third kappa shape index (κ3) is 1.30. The molecular formula is C5H3ClF3N3. The van der Waals surface area contributed by atoms with Crippen LogP contribution >= 0.6 is 11.6 Å². The molecule has 0 radical (unpaired) electrons. The lowest BCUT2D eigenvalue weighted by molar-refractivity contribution is 0.450. The van der Waals surface area contributed by atoms with Crippen LogP contribution in [-0.2, 0) is 0 Å². The highest BCUT2D eigenvalue weighted by Crippen LogP contribution is 2.26. The highest BCUT2D eigenvalue weighted by atomic mass is 35.5. The van der Waals surface area contributed by atoms with Crippen LogP contribution in [0.5, 0.6) is 0 Å². The van der Waals surface area contributed by atoms with Gasteiger partial charge in [0.2, 0.25) is 11.8 Å². The van der Waals surface area contributed by atoms with Crippen molar-refractivity contribution in [2.45, 2.75) is 0 Å². The van der Waals surface area contributed by atoms with E-state index in [2.05, 4.69) is 4.98 Å². The first-order valence-electron chi connectivity index (χ1n) is 2.74. The van der Waals surface area contributed by atoms with E-state index in [1.807, 2.05) is 0 Å². The van der Waals surface area contributed by atoms with Gasteiger partial charge in [0.1, 0.15) is 10.7 Å². The number of pyridine rings is 1. The molecule has 0 saturated carbocycles. The second-order valence-electron chi connectivity index (χ2n) is 1.84. The van der Waals surface area contributed by atoms with E-state index in [9.17, 15) is 13.2 Å². The van der Waals surface area contributed by atoms with Crippen LogP contribution in [0.1, 0.15) is 0 Å². The molecule has 1 aromatic rings. The first kappa shape index (κ1) is 9.08. The second kappa shape index (κ2) is 3.16. The second-order valence-corrected chi connectivity index (χ2v) is 2.22. The summed E-state index contributed by atoms with van der Waals surface area (Å²) >= 11 is 5.18. The number of anilines is 1. The Morgan fingerprint density at radius 3 is 2.33 bits per heavy atom. The Morgan fingerprint density at radius 1 is 1.25 bits per heavy atom. The van der Waals surface area contributed by atoms with E-state index >= 15 is 0 Å². The van der Waals surface area contributed by atoms with E-state index in [1.165, 1.54) is 0 Å². The molecule has 0 spiro atoms. The van der Waals surface area contributed by atoms with Crippen molar-refractivity contribution in [2.75, 3.05) is 5.43 Å². The maximum Gasteiger partial charge on any atom is 0.253 e. The number of aromatic nitrogens is 1. The first-order valence-corrected chi connectivity index (χ1v) is 3.12. The summed E-state index contributed by atoms with van der Waals surface area (Å²) in [5.41, 5.74) is 1.07. The number of nitrogens with two attached hydrogens (primary N) is 1. The molecular weight excluding hydrogens is 195 g/mol. The topological polar surface area (TPSA) is 50.9 Å². The molecule has 0 unspecified atom stereocenters. The highest BCUT2D eigenvalue weighted by molar-refractivity contribution is 6.33. The summed E-state index contributed by atoms with van der Waals surface area (Å²) < 4.78 is 37.4. The summed E-state index contributed by atoms with van der Waals surface area (Å²) in [7, 11) is 0. The van der Waals surface area contributed by atoms with Crippen molar-refractivity contribution in [3.63, 3.8) is 0 Å². The average molecular weight is 198 g/mol. The maximum atomic E-state index is 12.6. The molecule has 1 aromatic heterocycles. The minimum atomic E-state index is -1.59. The standard InChI is InChI=1S/C5H3ClF3N3/c6-1-3(12-10)2(7)5(9)11-4(1)8/h10H2,(H,11,12). The molecule has 12 heavy (non-hydrogen) atoms. The van der Waals surface area contributed by atoms with Gasteiger partial charge < -0.3 is 5.43 Å². The van der Waals surface area contributed by atoms with Gasteiger partial charge in [0.15, 0.2) is 0 Å². The van der Waals surface area contributed by atoms with Crippen molar-refractivity contribution < 1.29 is 13.2 Å². The summed E-state index contributed by atoms with van der Waals surface area (Å²) in [6.07, 6.45) is 0. The van der Waals surface area contributed by atoms with Gasteiger partial charge in [-0.2, -0.15) is 18.2 Å². The molecule has 66 valence electrons. The zero-order valence-corrected chi connectivity index (χ0v) is 6.29. The lowest BCUT2D eigenvalue weighted by Crippen LogP contribution is -2.12. The van der Waals surface area contributed by atoms with Crippen molar-refractivity contribution in [1.82, 2.24) is 4.98 Å². The van der Waals surface area contributed by atoms with E-state index < -0.39 is 28.4 Å². The maximum absolute atomic E-state index is 12.6. The molecule has 3 N–H and O–H groups in total. The fourth-order valence-electron chi connectivity index (χ4n) is 0.614. The normalized spacial score (nSPS) is 10.1. The molecule has 3 nitrogen and oxygen atoms in total. The van der Waals surface area contributed by atoms with Crippen molar-refractivity contribution in [3.8, 4) is 0 Å². The lowest BCUT2D eigenvalue weighted by atomic mass is 10.4. The zero-order valence-electron chi connectivity index (χ0n) is 5.54. The van der Waals surface area contributed by atoms with Gasteiger partial charge in [-0.15, -0.1) is 0 Å². The molecule has 0 aromatic carbocycles. The monoisotopic (exact) mass is 197 g/mol. The van der Waals surface area contributed by atoms with Crippen LogP contribution in [0.2, 0.25) is 5.02 Å². The number of hydrogen-bond acceptors (Lipinski definition) is 3. The number of nitrogens with one attached hydrogen (secondary N) is 1. The summed E-state index contributed by atoms with van der Waals surface area (Å²) in [6.45, 7) is 0. The van der Waals surface area contributed by atoms with Crippen LogP contribution in [0.3, 0.4) is 0 Å². The third-order valence-corrected chi connectivity index (χ3v) is 1.49. The molecule has 0 aliphatic heterocycles. The quantitative estimate of drug-likeness (QED) is 0.407. The predicted octanol–water partition coefficient (Wildman–Crippen LogP) is 1.44. The zero-order chi connectivity index (χ0) is 9.30. The Balaban J connectivity index is 3.42. The molecule has 0 aliphatic rings. The van der Waals surface area contributed by atoms with Gasteiger partial charge in [-0.25, -0.2) is 0 Å². The Kier molecular flexibility index (Phi) is 2.39. The van der Waals surface area contributed by atoms with E-state index in [-0.39, 0.29) is 0 Å². The summed E-state index contributed by atoms with van der Waals surface area (Å²) in [6, 6.07) is 0. The molecule has 7 heteroatoms. The first-order chi connectivity index (χ1) is 5.57. The Morgan fingerprint density at radius 2 is 1.83 bits per heavy atom. The fraction of sp³-hybridized carbons (Fsp3) is 0. The largest absolute Gasteiger partial charge is 0.320 e. The smallest absolute Gasteiger partial charge is 0.253 e. The Bertz CT molecular complexity index is 291. The van der Waals surface area contributed by atoms with Crippen molar-refractivity contribution >= 4 is 17.3 Å². The molecule has 1 rings (SSSR count). The molecule has 0 amide bonds. The molecule has 1 heterocycles. The minimum absolute atomic E-state index is 0.651. The van der Waals surface area contributed by atoms with Crippen LogP contribution in [0, 0.1) is 17.7 Å². The molecule has 0 saturated heterocycles. The number of hydrogen-bond donors (Lipinski definition) is 2. The van der Waals surface area contributed by atoms with Gasteiger partial charge in [0.05, 0.1) is 0 Å². The number of rotatable bonds is 1. The van der Waals surface area contributed by atoms with Gasteiger partial charge in [0.25, 0.3) is 5.95 Å². The predicted molar refractivity (Wildman–Crippen MR) is 36.9 cm³/mol. The van der Waals surface area contributed by atoms with Gasteiger partial charge in [-0.1, -0.05) is 11.6 Å². The summed E-state index contributed by atoms with van der Waals surface area (Å²) in [5.74, 6) is 0.432. The number of hydrazine groups is 1. The molecule has 0 bridgehead atoms. The van der Waals surface area contributed by atoms with Crippen LogP contribution in [0.15, 0.2) is 0 Å². The Labute approximate surface area is 70.3 Å². The average Bonchev–Trinajstić information content (AvgIpc) is 2.02. The summed E-state index contributed by atoms with van der Waals surface area (Å²) in [5, 5.41) is -0.684. The Hall–Kier alpha value is -1.01. The van der Waals surface area contributed by atoms with E-state index in [1.54, 1.807) is 5.43 Å². The molecule has 0 fully saturated rings. The van der Waals surface area contributed by atoms with Crippen molar-refractivity contribution in [2.24, 2.45) is 5.84 Å². The van der Waals surface area contributed by atoms with Gasteiger partial charge in [-0.05, 0) is 0 Å². The van der Waals surface area contributed by atoms with Crippen LogP contribution < -0.4 is 11.3 Å². The van der Waals surface area contributed by atoms with Crippen LogP contribution in [0.25, 0.3) is 0 Å². The fourth-order valence-corrected chi connectivity index (χ4v) is 0.793. The van der Waals surface area contributed by atoms with E-state index in [0.29, 0.717) is 0 Å². The third-order valence-electron chi connectivity index (χ3n) is 1.14. The molecule has 0 aliphatic carbocycles. The number of nitrogens with zero attached hydrogens (tertiary/aromatic N) is 1. The number of nitrogen functional groups attached to an aromatic ring is 1. The van der Waals surface area contributed by atoms with Gasteiger partial charge in [-0.3, -0.25) is 5.84 Å². The molecule has 0 atom stereocenters. The van der Waals surface area contributed by atoms with E-state index in [0.717, 1.165) is 0 Å². The van der Waals surface area contributed by atoms with E-state index in [4.69, 9.17) is 17.4 Å².